The van der Waals surface area contributed by atoms with Gasteiger partial charge >= 0.3 is 0 Å². The molecule has 10 nitrogen and oxygen atoms in total. The summed E-state index contributed by atoms with van der Waals surface area (Å²) in [6.07, 6.45) is 3.21. The minimum absolute atomic E-state index is 0.0144. The van der Waals surface area contributed by atoms with E-state index >= 15 is 0 Å². The number of benzene rings is 1. The highest BCUT2D eigenvalue weighted by Gasteiger charge is 2.42. The normalized spacial score (nSPS) is 20.4. The van der Waals surface area contributed by atoms with Crippen LogP contribution in [0.15, 0.2) is 23.2 Å². The van der Waals surface area contributed by atoms with Crippen molar-refractivity contribution < 1.29 is 28.5 Å². The van der Waals surface area contributed by atoms with E-state index in [1.165, 1.54) is 0 Å². The highest BCUT2D eigenvalue weighted by atomic mass is 35.5. The summed E-state index contributed by atoms with van der Waals surface area (Å²) in [5.74, 6) is 0.921. The monoisotopic (exact) mass is 652 g/mol. The first-order chi connectivity index (χ1) is 21.3. The predicted molar refractivity (Wildman–Crippen MR) is 174 cm³/mol. The number of piperidine rings is 1. The summed E-state index contributed by atoms with van der Waals surface area (Å²) in [5.41, 5.74) is 1.87. The lowest BCUT2D eigenvalue weighted by molar-refractivity contribution is -0.160. The molecule has 3 heterocycles. The van der Waals surface area contributed by atoms with E-state index in [1.54, 1.807) is 30.9 Å². The van der Waals surface area contributed by atoms with Gasteiger partial charge in [0.05, 0.1) is 43.4 Å². The van der Waals surface area contributed by atoms with Gasteiger partial charge in [0.2, 0.25) is 11.8 Å². The van der Waals surface area contributed by atoms with Crippen LogP contribution >= 0.6 is 23.4 Å². The summed E-state index contributed by atoms with van der Waals surface area (Å²) in [5, 5.41) is 1.86. The molecule has 246 valence electrons. The number of rotatable bonds is 15. The number of amides is 2. The quantitative estimate of drug-likeness (QED) is 0.208. The van der Waals surface area contributed by atoms with Crippen molar-refractivity contribution in [2.45, 2.75) is 70.4 Å². The third-order valence-electron chi connectivity index (χ3n) is 8.78. The largest absolute Gasteiger partial charge is 0.381 e. The Balaban J connectivity index is 1.20. The molecule has 1 unspecified atom stereocenters. The van der Waals surface area contributed by atoms with Crippen molar-refractivity contribution >= 4 is 40.2 Å². The van der Waals surface area contributed by atoms with Gasteiger partial charge in [-0.15, -0.1) is 11.8 Å². The van der Waals surface area contributed by atoms with E-state index in [-0.39, 0.29) is 23.5 Å². The number of likely N-dealkylation sites (tertiary alicyclic amines) is 1. The van der Waals surface area contributed by atoms with Crippen LogP contribution in [-0.4, -0.2) is 129 Å². The number of ether oxygens (including phenoxy) is 4. The molecule has 3 aliphatic heterocycles. The molecular formula is C32H49ClN4O6S. The van der Waals surface area contributed by atoms with E-state index in [9.17, 15) is 9.59 Å². The molecule has 4 rings (SSSR count). The maximum Gasteiger partial charge on any atom is 0.248 e. The number of likely N-dealkylation sites (N-methyl/N-ethyl adjacent to an activating group) is 1. The molecule has 1 aromatic rings. The molecule has 0 radical (unpaired) electrons. The number of carbonyl (C=O) groups is 2. The highest BCUT2D eigenvalue weighted by Crippen LogP contribution is 2.33. The summed E-state index contributed by atoms with van der Waals surface area (Å²) >= 11 is 8.57. The molecule has 1 spiro atoms. The molecule has 0 bridgehead atoms. The van der Waals surface area contributed by atoms with Gasteiger partial charge in [-0.1, -0.05) is 36.7 Å². The molecule has 2 amide bonds. The van der Waals surface area contributed by atoms with Crippen molar-refractivity contribution in [3.8, 4) is 0 Å². The van der Waals surface area contributed by atoms with Crippen LogP contribution in [0.5, 0.6) is 0 Å². The van der Waals surface area contributed by atoms with Crippen LogP contribution < -0.4 is 0 Å². The predicted octanol–water partition coefficient (Wildman–Crippen LogP) is 3.87. The van der Waals surface area contributed by atoms with Crippen LogP contribution in [0.2, 0.25) is 5.02 Å². The number of nitrogens with zero attached hydrogens (tertiary/aromatic N) is 4. The smallest absolute Gasteiger partial charge is 0.248 e. The molecule has 1 aromatic carbocycles. The van der Waals surface area contributed by atoms with Gasteiger partial charge in [0.25, 0.3) is 0 Å². The molecule has 2 fully saturated rings. The van der Waals surface area contributed by atoms with Gasteiger partial charge in [-0.25, -0.2) is 0 Å². The minimum Gasteiger partial charge on any atom is -0.381 e. The van der Waals surface area contributed by atoms with Crippen molar-refractivity contribution in [3.05, 3.63) is 34.3 Å². The minimum atomic E-state index is -0.438. The average Bonchev–Trinajstić information content (AvgIpc) is 3.53. The molecule has 12 heteroatoms. The third kappa shape index (κ3) is 9.40. The standard InChI is InChI=1S/C32H49ClN4O6S/c1-5-27-34-26(22-44-27)31(39)37-16-19-43-32(23-37)12-14-35(15-13-32)20-25-9-7-8-24(30(25)33)10-17-42-18-11-28(38)36(6-2)21-29(40-3)41-4/h7-9,26,29H,5-6,10-23H2,1-4H3. The summed E-state index contributed by atoms with van der Waals surface area (Å²) in [4.78, 5) is 36.5. The third-order valence-corrected chi connectivity index (χ3v) is 10.5. The van der Waals surface area contributed by atoms with Gasteiger partial charge < -0.3 is 28.7 Å². The van der Waals surface area contributed by atoms with Gasteiger partial charge in [0, 0.05) is 64.3 Å². The Morgan fingerprint density at radius 1 is 1.16 bits per heavy atom. The van der Waals surface area contributed by atoms with E-state index < -0.39 is 6.29 Å². The maximum absolute atomic E-state index is 13.2. The summed E-state index contributed by atoms with van der Waals surface area (Å²) in [6.45, 7) is 10.3. The van der Waals surface area contributed by atoms with E-state index in [0.717, 1.165) is 65.8 Å². The Hall–Kier alpha value is -1.73. The molecule has 44 heavy (non-hydrogen) atoms. The number of aliphatic imine (C=N–C) groups is 1. The Labute approximate surface area is 271 Å². The zero-order valence-electron chi connectivity index (χ0n) is 26.7. The molecule has 0 N–H and O–H groups in total. The number of carbonyl (C=O) groups excluding carboxylic acids is 2. The zero-order chi connectivity index (χ0) is 31.5. The molecular weight excluding hydrogens is 604 g/mol. The van der Waals surface area contributed by atoms with Crippen molar-refractivity contribution in [2.24, 2.45) is 4.99 Å². The van der Waals surface area contributed by atoms with Gasteiger partial charge in [0.15, 0.2) is 6.29 Å². The molecule has 0 saturated carbocycles. The van der Waals surface area contributed by atoms with Crippen molar-refractivity contribution in [1.82, 2.24) is 14.7 Å². The number of hydrogen-bond acceptors (Lipinski definition) is 9. The van der Waals surface area contributed by atoms with Crippen molar-refractivity contribution in [1.29, 1.82) is 0 Å². The van der Waals surface area contributed by atoms with Crippen molar-refractivity contribution in [2.75, 3.05) is 79.1 Å². The highest BCUT2D eigenvalue weighted by molar-refractivity contribution is 8.14. The topological polar surface area (TPSA) is 93.1 Å². The summed E-state index contributed by atoms with van der Waals surface area (Å²) in [6, 6.07) is 5.94. The number of hydrogen-bond donors (Lipinski definition) is 0. The number of methoxy groups -OCH3 is 2. The van der Waals surface area contributed by atoms with Crippen molar-refractivity contribution in [3.63, 3.8) is 0 Å². The summed E-state index contributed by atoms with van der Waals surface area (Å²) < 4.78 is 22.6. The molecule has 0 aromatic heterocycles. The van der Waals surface area contributed by atoms with E-state index in [4.69, 9.17) is 30.5 Å². The fraction of sp³-hybridized carbons (Fsp3) is 0.719. The van der Waals surface area contributed by atoms with Crippen LogP contribution in [0.4, 0.5) is 0 Å². The van der Waals surface area contributed by atoms with E-state index in [1.807, 2.05) is 24.0 Å². The first kappa shape index (κ1) is 35.1. The lowest BCUT2D eigenvalue weighted by atomic mass is 9.89. The lowest BCUT2D eigenvalue weighted by Crippen LogP contribution is -2.59. The number of thioether (sulfide) groups is 1. The SMILES string of the molecule is CCC1=NC(C(=O)N2CCOC3(CCN(Cc4cccc(CCOCCC(=O)N(CC)CC(OC)OC)c4Cl)CC3)C2)CS1. The summed E-state index contributed by atoms with van der Waals surface area (Å²) in [7, 11) is 3.13. The van der Waals surface area contributed by atoms with Gasteiger partial charge in [-0.3, -0.25) is 19.5 Å². The Kier molecular flexibility index (Phi) is 13.8. The first-order valence-corrected chi connectivity index (χ1v) is 17.2. The van der Waals surface area contributed by atoms with E-state index in [0.29, 0.717) is 58.8 Å². The molecule has 3 aliphatic rings. The lowest BCUT2D eigenvalue weighted by Gasteiger charge is -2.47. The Bertz CT molecular complexity index is 1130. The van der Waals surface area contributed by atoms with Crippen LogP contribution in [0.25, 0.3) is 0 Å². The Morgan fingerprint density at radius 2 is 1.91 bits per heavy atom. The second-order valence-corrected chi connectivity index (χ2v) is 13.1. The van der Waals surface area contributed by atoms with Crippen LogP contribution in [0, 0.1) is 0 Å². The number of morpholine rings is 1. The molecule has 2 saturated heterocycles. The first-order valence-electron chi connectivity index (χ1n) is 15.8. The zero-order valence-corrected chi connectivity index (χ0v) is 28.3. The second-order valence-electron chi connectivity index (χ2n) is 11.6. The molecule has 1 atom stereocenters. The van der Waals surface area contributed by atoms with Gasteiger partial charge in [0.1, 0.15) is 6.04 Å². The van der Waals surface area contributed by atoms with Crippen LogP contribution in [-0.2, 0) is 41.5 Å². The second kappa shape index (κ2) is 17.3. The van der Waals surface area contributed by atoms with Gasteiger partial charge in [-0.2, -0.15) is 0 Å². The maximum atomic E-state index is 13.2. The van der Waals surface area contributed by atoms with Crippen LogP contribution in [0.1, 0.15) is 50.7 Å². The fourth-order valence-corrected chi connectivity index (χ4v) is 7.29. The Morgan fingerprint density at radius 3 is 2.59 bits per heavy atom. The average molecular weight is 653 g/mol. The van der Waals surface area contributed by atoms with E-state index in [2.05, 4.69) is 22.9 Å². The van der Waals surface area contributed by atoms with Crippen LogP contribution in [0.3, 0.4) is 0 Å². The fourth-order valence-electron chi connectivity index (χ4n) is 6.03. The number of halogens is 1. The molecule has 0 aliphatic carbocycles. The van der Waals surface area contributed by atoms with Gasteiger partial charge in [-0.05, 0) is 43.7 Å².